The lowest BCUT2D eigenvalue weighted by Gasteiger charge is -2.12. The lowest BCUT2D eigenvalue weighted by atomic mass is 10.2. The van der Waals surface area contributed by atoms with Crippen LogP contribution in [0, 0.1) is 6.92 Å². The molecule has 116 valence electrons. The maximum Gasteiger partial charge on any atom is 0.339 e. The maximum atomic E-state index is 12.1. The molecule has 22 heavy (non-hydrogen) atoms. The molecule has 0 bridgehead atoms. The average Bonchev–Trinajstić information content (AvgIpc) is 2.49. The second-order valence-corrected chi connectivity index (χ2v) is 6.27. The number of carbonyl (C=O) groups is 1. The van der Waals surface area contributed by atoms with E-state index in [1.165, 1.54) is 18.2 Å². The largest absolute Gasteiger partial charge is 0.611 e. The molecule has 0 aliphatic rings. The molecular formula is C16H16O5S. The Balaban J connectivity index is 1.92. The number of carboxylic acid groups (broad SMARTS) is 1. The first-order valence-corrected chi connectivity index (χ1v) is 7.93. The van der Waals surface area contributed by atoms with Crippen LogP contribution in [0.25, 0.3) is 0 Å². The van der Waals surface area contributed by atoms with Gasteiger partial charge < -0.3 is 19.5 Å². The maximum absolute atomic E-state index is 12.1. The van der Waals surface area contributed by atoms with Gasteiger partial charge in [-0.3, -0.25) is 0 Å². The Labute approximate surface area is 131 Å². The summed E-state index contributed by atoms with van der Waals surface area (Å²) in [5.74, 6) is -0.933. The van der Waals surface area contributed by atoms with Crippen molar-refractivity contribution in [1.82, 2.24) is 0 Å². The molecule has 2 rings (SSSR count). The summed E-state index contributed by atoms with van der Waals surface area (Å²) < 4.78 is 17.5. The molecule has 6 heteroatoms. The second kappa shape index (κ2) is 7.20. The fraction of sp³-hybridized carbons (Fsp3) is 0.188. The van der Waals surface area contributed by atoms with Crippen molar-refractivity contribution in [2.24, 2.45) is 0 Å². The van der Waals surface area contributed by atoms with Gasteiger partial charge in [-0.2, -0.15) is 0 Å². The summed E-state index contributed by atoms with van der Waals surface area (Å²) in [5.41, 5.74) is 0.874. The van der Waals surface area contributed by atoms with Crippen molar-refractivity contribution in [3.8, 4) is 11.5 Å². The highest BCUT2D eigenvalue weighted by Crippen LogP contribution is 2.23. The van der Waals surface area contributed by atoms with Crippen LogP contribution in [0.1, 0.15) is 15.9 Å². The smallest absolute Gasteiger partial charge is 0.339 e. The van der Waals surface area contributed by atoms with Crippen LogP contribution in [0.15, 0.2) is 47.4 Å². The average molecular weight is 320 g/mol. The van der Waals surface area contributed by atoms with Gasteiger partial charge in [0.2, 0.25) is 0 Å². The van der Waals surface area contributed by atoms with Gasteiger partial charge >= 0.3 is 5.97 Å². The number of hydrogen-bond acceptors (Lipinski definition) is 4. The molecule has 5 nitrogen and oxygen atoms in total. The Morgan fingerprint density at radius 3 is 2.55 bits per heavy atom. The van der Waals surface area contributed by atoms with Gasteiger partial charge in [-0.05, 0) is 48.4 Å². The number of carboxylic acids is 1. The number of aromatic hydroxyl groups is 1. The topological polar surface area (TPSA) is 89.8 Å². The van der Waals surface area contributed by atoms with Gasteiger partial charge in [0.25, 0.3) is 0 Å². The minimum absolute atomic E-state index is 0.185. The highest BCUT2D eigenvalue weighted by Gasteiger charge is 2.13. The van der Waals surface area contributed by atoms with Crippen molar-refractivity contribution < 1.29 is 24.3 Å². The molecule has 2 N–H and O–H groups in total. The van der Waals surface area contributed by atoms with Gasteiger partial charge in [-0.15, -0.1) is 0 Å². The van der Waals surface area contributed by atoms with E-state index in [0.29, 0.717) is 11.5 Å². The van der Waals surface area contributed by atoms with Crippen molar-refractivity contribution in [1.29, 1.82) is 0 Å². The number of hydrogen-bond donors (Lipinski definition) is 2. The number of phenols is 1. The van der Waals surface area contributed by atoms with E-state index in [1.807, 2.05) is 31.2 Å². The molecule has 2 aromatic rings. The molecule has 0 aliphatic heterocycles. The van der Waals surface area contributed by atoms with Gasteiger partial charge in [0.05, 0.1) is 0 Å². The van der Waals surface area contributed by atoms with E-state index in [-0.39, 0.29) is 17.9 Å². The highest BCUT2D eigenvalue weighted by atomic mass is 32.2. The molecule has 2 aromatic carbocycles. The van der Waals surface area contributed by atoms with Crippen molar-refractivity contribution in [2.75, 3.05) is 12.4 Å². The summed E-state index contributed by atoms with van der Waals surface area (Å²) in [7, 11) is 0. The fourth-order valence-electron chi connectivity index (χ4n) is 1.82. The first-order chi connectivity index (χ1) is 10.5. The quantitative estimate of drug-likeness (QED) is 0.798. The van der Waals surface area contributed by atoms with Crippen LogP contribution in [0.4, 0.5) is 0 Å². The summed E-state index contributed by atoms with van der Waals surface area (Å²) >= 11 is -1.17. The molecule has 0 heterocycles. The van der Waals surface area contributed by atoms with Crippen molar-refractivity contribution in [2.45, 2.75) is 11.8 Å². The molecule has 1 atom stereocenters. The zero-order valence-corrected chi connectivity index (χ0v) is 12.8. The summed E-state index contributed by atoms with van der Waals surface area (Å²) in [6, 6.07) is 11.4. The van der Waals surface area contributed by atoms with Crippen molar-refractivity contribution >= 4 is 17.1 Å². The van der Waals surface area contributed by atoms with E-state index >= 15 is 0 Å². The summed E-state index contributed by atoms with van der Waals surface area (Å²) in [6.45, 7) is 2.14. The van der Waals surface area contributed by atoms with E-state index in [9.17, 15) is 14.5 Å². The second-order valence-electron chi connectivity index (χ2n) is 4.70. The van der Waals surface area contributed by atoms with E-state index in [1.54, 1.807) is 0 Å². The number of benzene rings is 2. The first-order valence-electron chi connectivity index (χ1n) is 6.61. The normalized spacial score (nSPS) is 11.9. The third-order valence-electron chi connectivity index (χ3n) is 3.02. The van der Waals surface area contributed by atoms with Crippen LogP contribution in [0.3, 0.4) is 0 Å². The molecule has 0 aliphatic carbocycles. The van der Waals surface area contributed by atoms with Crippen LogP contribution in [0.5, 0.6) is 11.5 Å². The SMILES string of the molecule is Cc1ccc([S+]([O-])CCOc2ccc(O)c(C(=O)O)c2)cc1. The first kappa shape index (κ1) is 16.2. The van der Waals surface area contributed by atoms with Crippen LogP contribution in [-0.4, -0.2) is 33.1 Å². The monoisotopic (exact) mass is 320 g/mol. The summed E-state index contributed by atoms with van der Waals surface area (Å²) in [6.07, 6.45) is 0. The lowest BCUT2D eigenvalue weighted by Crippen LogP contribution is -2.14. The van der Waals surface area contributed by atoms with Gasteiger partial charge in [0.15, 0.2) is 4.90 Å². The molecule has 0 saturated heterocycles. The predicted molar refractivity (Wildman–Crippen MR) is 83.0 cm³/mol. The van der Waals surface area contributed by atoms with Gasteiger partial charge in [-0.25, -0.2) is 4.79 Å². The molecule has 0 radical (unpaired) electrons. The number of rotatable bonds is 6. The number of aromatic carboxylic acids is 1. The molecular weight excluding hydrogens is 304 g/mol. The van der Waals surface area contributed by atoms with Crippen molar-refractivity contribution in [3.05, 3.63) is 53.6 Å². The van der Waals surface area contributed by atoms with E-state index in [2.05, 4.69) is 0 Å². The van der Waals surface area contributed by atoms with Crippen LogP contribution >= 0.6 is 0 Å². The lowest BCUT2D eigenvalue weighted by molar-refractivity contribution is 0.0693. The third-order valence-corrected chi connectivity index (χ3v) is 4.36. The Morgan fingerprint density at radius 1 is 1.23 bits per heavy atom. The van der Waals surface area contributed by atoms with Gasteiger partial charge in [0, 0.05) is 0 Å². The van der Waals surface area contributed by atoms with Crippen LogP contribution in [-0.2, 0) is 11.2 Å². The van der Waals surface area contributed by atoms with Crippen molar-refractivity contribution in [3.63, 3.8) is 0 Å². The number of aryl methyl sites for hydroxylation is 1. The zero-order valence-electron chi connectivity index (χ0n) is 12.0. The minimum Gasteiger partial charge on any atom is -0.611 e. The Kier molecular flexibility index (Phi) is 5.30. The highest BCUT2D eigenvalue weighted by molar-refractivity contribution is 7.91. The molecule has 0 saturated carbocycles. The van der Waals surface area contributed by atoms with Gasteiger partial charge in [0.1, 0.15) is 29.4 Å². The van der Waals surface area contributed by atoms with E-state index < -0.39 is 17.1 Å². The van der Waals surface area contributed by atoms with E-state index in [0.717, 1.165) is 10.5 Å². The Morgan fingerprint density at radius 2 is 1.91 bits per heavy atom. The summed E-state index contributed by atoms with van der Waals surface area (Å²) in [4.78, 5) is 11.6. The van der Waals surface area contributed by atoms with Gasteiger partial charge in [-0.1, -0.05) is 17.7 Å². The minimum atomic E-state index is -1.23. The third kappa shape index (κ3) is 4.16. The number of ether oxygens (including phenoxy) is 1. The predicted octanol–water partition coefficient (Wildman–Crippen LogP) is 2.59. The molecule has 0 amide bonds. The Bertz CT molecular complexity index is 654. The van der Waals surface area contributed by atoms with Crippen LogP contribution < -0.4 is 4.74 Å². The molecule has 0 fully saturated rings. The van der Waals surface area contributed by atoms with Crippen LogP contribution in [0.2, 0.25) is 0 Å². The molecule has 0 spiro atoms. The Hall–Kier alpha value is -2.18. The zero-order chi connectivity index (χ0) is 16.1. The van der Waals surface area contributed by atoms with E-state index in [4.69, 9.17) is 9.84 Å². The summed E-state index contributed by atoms with van der Waals surface area (Å²) in [5, 5.41) is 18.3. The molecule has 1 unspecified atom stereocenters. The molecule has 0 aromatic heterocycles. The fourth-order valence-corrected chi connectivity index (χ4v) is 2.73. The standard InChI is InChI=1S/C16H16O5S/c1-11-2-5-13(6-3-11)22(20)9-8-21-12-4-7-15(17)14(10-12)16(18)19/h2-7,10,17H,8-9H2,1H3,(H,18,19).